The zero-order valence-corrected chi connectivity index (χ0v) is 13.5. The quantitative estimate of drug-likeness (QED) is 0.750. The molecule has 0 heterocycles. The summed E-state index contributed by atoms with van der Waals surface area (Å²) in [5.41, 5.74) is 1.53. The van der Waals surface area contributed by atoms with Gasteiger partial charge in [-0.25, -0.2) is 0 Å². The van der Waals surface area contributed by atoms with Crippen LogP contribution in [-0.4, -0.2) is 23.8 Å². The highest BCUT2D eigenvalue weighted by Gasteiger charge is 2.19. The molecule has 0 spiro atoms. The molecule has 0 unspecified atom stereocenters. The Labute approximate surface area is 125 Å². The first kappa shape index (κ1) is 16.8. The first-order valence-electron chi connectivity index (χ1n) is 6.71. The van der Waals surface area contributed by atoms with Gasteiger partial charge in [0.25, 0.3) is 0 Å². The third kappa shape index (κ3) is 4.37. The lowest BCUT2D eigenvalue weighted by atomic mass is 10.0. The van der Waals surface area contributed by atoms with Crippen LogP contribution in [0.2, 0.25) is 0 Å². The Bertz CT molecular complexity index is 494. The van der Waals surface area contributed by atoms with E-state index < -0.39 is 0 Å². The van der Waals surface area contributed by atoms with E-state index in [2.05, 4.69) is 0 Å². The van der Waals surface area contributed by atoms with E-state index in [0.717, 1.165) is 23.1 Å². The Morgan fingerprint density at radius 1 is 1.25 bits per heavy atom. The summed E-state index contributed by atoms with van der Waals surface area (Å²) in [6.07, 6.45) is 0. The minimum Gasteiger partial charge on any atom is -0.497 e. The molecule has 0 aliphatic heterocycles. The summed E-state index contributed by atoms with van der Waals surface area (Å²) in [5.74, 6) is 1.19. The number of Topliss-reactive ketones (excluding diaryl/α,β-unsaturated/α-hetero) is 1. The number of benzene rings is 1. The largest absolute Gasteiger partial charge is 0.497 e. The van der Waals surface area contributed by atoms with E-state index in [1.165, 1.54) is 0 Å². The monoisotopic (exact) mass is 294 g/mol. The topological polar surface area (TPSA) is 43.4 Å². The summed E-state index contributed by atoms with van der Waals surface area (Å²) in [4.78, 5) is 24.0. The highest BCUT2D eigenvalue weighted by molar-refractivity contribution is 8.14. The highest BCUT2D eigenvalue weighted by atomic mass is 32.2. The second-order valence-electron chi connectivity index (χ2n) is 5.24. The number of hydrogen-bond acceptors (Lipinski definition) is 4. The molecule has 0 aliphatic carbocycles. The molecule has 1 aromatic rings. The smallest absolute Gasteiger partial charge is 0.192 e. The molecule has 0 saturated heterocycles. The van der Waals surface area contributed by atoms with Crippen molar-refractivity contribution in [2.45, 2.75) is 27.7 Å². The van der Waals surface area contributed by atoms with E-state index in [1.54, 1.807) is 19.2 Å². The fourth-order valence-corrected chi connectivity index (χ4v) is 2.66. The first-order valence-corrected chi connectivity index (χ1v) is 7.69. The molecule has 0 saturated carbocycles. The standard InChI is InChI=1S/C16H22O3S/c1-10(2)12(4)16(18)20-9-15(17)14-7-6-13(19-5)8-11(14)3/h6-8,10,12H,9H2,1-5H3/t12-/m0/s1. The van der Waals surface area contributed by atoms with Crippen molar-refractivity contribution in [2.75, 3.05) is 12.9 Å². The highest BCUT2D eigenvalue weighted by Crippen LogP contribution is 2.22. The van der Waals surface area contributed by atoms with Crippen LogP contribution in [0.25, 0.3) is 0 Å². The Kier molecular flexibility index (Phi) is 6.27. The number of thioether (sulfide) groups is 1. The van der Waals surface area contributed by atoms with Gasteiger partial charge in [0.1, 0.15) is 5.75 Å². The van der Waals surface area contributed by atoms with Gasteiger partial charge < -0.3 is 4.74 Å². The van der Waals surface area contributed by atoms with Crippen LogP contribution in [0.5, 0.6) is 5.75 Å². The first-order chi connectivity index (χ1) is 9.36. The average Bonchev–Trinajstić information content (AvgIpc) is 2.43. The lowest BCUT2D eigenvalue weighted by Gasteiger charge is -2.13. The minimum absolute atomic E-state index is 0.0144. The summed E-state index contributed by atoms with van der Waals surface area (Å²) in [6, 6.07) is 5.35. The molecule has 0 bridgehead atoms. The van der Waals surface area contributed by atoms with Gasteiger partial charge in [-0.2, -0.15) is 0 Å². The zero-order chi connectivity index (χ0) is 15.3. The molecular weight excluding hydrogens is 272 g/mol. The molecule has 20 heavy (non-hydrogen) atoms. The third-order valence-electron chi connectivity index (χ3n) is 3.45. The molecule has 110 valence electrons. The molecule has 0 aliphatic rings. The maximum Gasteiger partial charge on any atom is 0.192 e. The molecule has 4 heteroatoms. The SMILES string of the molecule is COc1ccc(C(=O)CSC(=O)[C@@H](C)C(C)C)c(C)c1. The Morgan fingerprint density at radius 3 is 2.40 bits per heavy atom. The number of carbonyl (C=O) groups excluding carboxylic acids is 2. The summed E-state index contributed by atoms with van der Waals surface area (Å²) >= 11 is 1.11. The predicted molar refractivity (Wildman–Crippen MR) is 83.5 cm³/mol. The predicted octanol–water partition coefficient (Wildman–Crippen LogP) is 3.74. The summed E-state index contributed by atoms with van der Waals surface area (Å²) in [5, 5.41) is 0.0829. The van der Waals surface area contributed by atoms with E-state index >= 15 is 0 Å². The number of methoxy groups -OCH3 is 1. The number of ketones is 1. The van der Waals surface area contributed by atoms with E-state index in [4.69, 9.17) is 4.74 Å². The number of rotatable bonds is 6. The van der Waals surface area contributed by atoms with Crippen molar-refractivity contribution in [1.29, 1.82) is 0 Å². The Morgan fingerprint density at radius 2 is 1.90 bits per heavy atom. The van der Waals surface area contributed by atoms with Crippen molar-refractivity contribution >= 4 is 22.7 Å². The molecule has 0 N–H and O–H groups in total. The van der Waals surface area contributed by atoms with Crippen LogP contribution in [-0.2, 0) is 4.79 Å². The molecule has 1 aromatic carbocycles. The van der Waals surface area contributed by atoms with Gasteiger partial charge in [-0.15, -0.1) is 0 Å². The Hall–Kier alpha value is -1.29. The van der Waals surface area contributed by atoms with Gasteiger partial charge in [0, 0.05) is 11.5 Å². The van der Waals surface area contributed by atoms with Crippen molar-refractivity contribution in [1.82, 2.24) is 0 Å². The fourth-order valence-electron chi connectivity index (χ4n) is 1.69. The van der Waals surface area contributed by atoms with Crippen molar-refractivity contribution in [3.05, 3.63) is 29.3 Å². The van der Waals surface area contributed by atoms with Crippen LogP contribution in [0.4, 0.5) is 0 Å². The second kappa shape index (κ2) is 7.48. The van der Waals surface area contributed by atoms with Gasteiger partial charge in [0.05, 0.1) is 12.9 Å². The average molecular weight is 294 g/mol. The van der Waals surface area contributed by atoms with Crippen LogP contribution in [0, 0.1) is 18.8 Å². The fraction of sp³-hybridized carbons (Fsp3) is 0.500. The molecule has 3 nitrogen and oxygen atoms in total. The summed E-state index contributed by atoms with van der Waals surface area (Å²) < 4.78 is 5.12. The van der Waals surface area contributed by atoms with Crippen molar-refractivity contribution in [2.24, 2.45) is 11.8 Å². The molecule has 1 rings (SSSR count). The maximum atomic E-state index is 12.1. The normalized spacial score (nSPS) is 12.3. The molecule has 0 amide bonds. The minimum atomic E-state index is -0.0234. The lowest BCUT2D eigenvalue weighted by molar-refractivity contribution is -0.114. The number of carbonyl (C=O) groups is 2. The lowest BCUT2D eigenvalue weighted by Crippen LogP contribution is -2.16. The van der Waals surface area contributed by atoms with E-state index in [9.17, 15) is 9.59 Å². The van der Waals surface area contributed by atoms with Gasteiger partial charge in [-0.3, -0.25) is 9.59 Å². The van der Waals surface area contributed by atoms with Gasteiger partial charge in [-0.05, 0) is 36.6 Å². The molecule has 1 atom stereocenters. The van der Waals surface area contributed by atoms with E-state index in [0.29, 0.717) is 11.5 Å². The molecule has 0 radical (unpaired) electrons. The summed E-state index contributed by atoms with van der Waals surface area (Å²) in [7, 11) is 1.60. The number of aryl methyl sites for hydroxylation is 1. The van der Waals surface area contributed by atoms with Gasteiger partial charge in [0.2, 0.25) is 0 Å². The third-order valence-corrected chi connectivity index (χ3v) is 4.51. The van der Waals surface area contributed by atoms with Crippen molar-refractivity contribution < 1.29 is 14.3 Å². The second-order valence-corrected chi connectivity index (χ2v) is 6.22. The molecule has 0 fully saturated rings. The van der Waals surface area contributed by atoms with Gasteiger partial charge >= 0.3 is 0 Å². The van der Waals surface area contributed by atoms with Gasteiger partial charge in [-0.1, -0.05) is 32.5 Å². The van der Waals surface area contributed by atoms with E-state index in [-0.39, 0.29) is 22.6 Å². The number of hydrogen-bond donors (Lipinski definition) is 0. The Balaban J connectivity index is 2.66. The van der Waals surface area contributed by atoms with Crippen LogP contribution < -0.4 is 4.74 Å². The zero-order valence-electron chi connectivity index (χ0n) is 12.7. The maximum absolute atomic E-state index is 12.1. The van der Waals surface area contributed by atoms with Crippen molar-refractivity contribution in [3.63, 3.8) is 0 Å². The molecular formula is C16H22O3S. The van der Waals surface area contributed by atoms with Crippen LogP contribution in [0.1, 0.15) is 36.7 Å². The van der Waals surface area contributed by atoms with Crippen LogP contribution in [0.15, 0.2) is 18.2 Å². The van der Waals surface area contributed by atoms with Crippen molar-refractivity contribution in [3.8, 4) is 5.75 Å². The number of ether oxygens (including phenoxy) is 1. The van der Waals surface area contributed by atoms with Gasteiger partial charge in [0.15, 0.2) is 10.9 Å². The summed E-state index contributed by atoms with van der Waals surface area (Å²) in [6.45, 7) is 7.80. The van der Waals surface area contributed by atoms with Crippen LogP contribution >= 0.6 is 11.8 Å². The molecule has 0 aromatic heterocycles. The van der Waals surface area contributed by atoms with Crippen LogP contribution in [0.3, 0.4) is 0 Å². The van der Waals surface area contributed by atoms with E-state index in [1.807, 2.05) is 33.8 Å².